The van der Waals surface area contributed by atoms with E-state index in [1.807, 2.05) is 0 Å². The van der Waals surface area contributed by atoms with E-state index >= 15 is 0 Å². The largest absolute Gasteiger partial charge is 0.420 e. The predicted molar refractivity (Wildman–Crippen MR) is 85.7 cm³/mol. The molecule has 2 aromatic rings. The van der Waals surface area contributed by atoms with Gasteiger partial charge in [-0.1, -0.05) is 12.1 Å². The Balaban J connectivity index is 1.48. The molecule has 2 fully saturated rings. The zero-order valence-electron chi connectivity index (χ0n) is 13.3. The monoisotopic (exact) mass is 344 g/mol. The molecule has 4 amide bonds. The highest BCUT2D eigenvalue weighted by Gasteiger charge is 2.48. The van der Waals surface area contributed by atoms with Crippen LogP contribution < -0.4 is 16.4 Å². The van der Waals surface area contributed by atoms with Crippen LogP contribution >= 0.6 is 0 Å². The molecule has 0 atom stereocenters. The molecular formula is C16H16N4O5. The quantitative estimate of drug-likeness (QED) is 0.732. The lowest BCUT2D eigenvalue weighted by Crippen LogP contribution is -2.56. The van der Waals surface area contributed by atoms with Crippen LogP contribution in [-0.2, 0) is 16.1 Å². The minimum Gasteiger partial charge on any atom is -0.408 e. The molecule has 0 bridgehead atoms. The van der Waals surface area contributed by atoms with Gasteiger partial charge in [-0.25, -0.2) is 9.59 Å². The number of urea groups is 1. The number of nitrogens with zero attached hydrogens (tertiary/aromatic N) is 2. The van der Waals surface area contributed by atoms with Crippen LogP contribution in [0.15, 0.2) is 33.5 Å². The molecule has 3 heterocycles. The number of oxazole rings is 1. The second-order valence-corrected chi connectivity index (χ2v) is 6.29. The third-order valence-corrected chi connectivity index (χ3v) is 4.85. The SMILES string of the molecule is O=C1NC(=O)C2(CCN(C(=O)Cn3c(=O)oc4ccccc43)CC2)N1. The number of hydrogen-bond acceptors (Lipinski definition) is 5. The topological polar surface area (TPSA) is 114 Å². The van der Waals surface area contributed by atoms with Gasteiger partial charge in [0.25, 0.3) is 5.91 Å². The summed E-state index contributed by atoms with van der Waals surface area (Å²) in [4.78, 5) is 49.4. The maximum absolute atomic E-state index is 12.5. The van der Waals surface area contributed by atoms with Crippen molar-refractivity contribution < 1.29 is 18.8 Å². The normalized spacial score (nSPS) is 19.3. The highest BCUT2D eigenvalue weighted by molar-refractivity contribution is 6.07. The van der Waals surface area contributed by atoms with Crippen LogP contribution in [0.4, 0.5) is 4.79 Å². The molecular weight excluding hydrogens is 328 g/mol. The van der Waals surface area contributed by atoms with E-state index in [-0.39, 0.29) is 18.4 Å². The summed E-state index contributed by atoms with van der Waals surface area (Å²) in [6.07, 6.45) is 0.689. The Morgan fingerprint density at radius 2 is 1.88 bits per heavy atom. The number of imide groups is 1. The maximum atomic E-state index is 12.5. The minimum absolute atomic E-state index is 0.124. The Morgan fingerprint density at radius 1 is 1.16 bits per heavy atom. The van der Waals surface area contributed by atoms with Crippen molar-refractivity contribution in [1.82, 2.24) is 20.1 Å². The van der Waals surface area contributed by atoms with Crippen molar-refractivity contribution in [3.63, 3.8) is 0 Å². The molecule has 9 nitrogen and oxygen atoms in total. The zero-order valence-corrected chi connectivity index (χ0v) is 13.3. The van der Waals surface area contributed by atoms with E-state index in [1.165, 1.54) is 4.57 Å². The van der Waals surface area contributed by atoms with Crippen molar-refractivity contribution in [3.8, 4) is 0 Å². The average molecular weight is 344 g/mol. The second kappa shape index (κ2) is 5.47. The van der Waals surface area contributed by atoms with Gasteiger partial charge in [-0.3, -0.25) is 19.5 Å². The van der Waals surface area contributed by atoms with Crippen molar-refractivity contribution >= 4 is 28.9 Å². The number of rotatable bonds is 2. The maximum Gasteiger partial charge on any atom is 0.420 e. The van der Waals surface area contributed by atoms with Crippen LogP contribution in [0.3, 0.4) is 0 Å². The summed E-state index contributed by atoms with van der Waals surface area (Å²) in [5.41, 5.74) is 0.0764. The number of likely N-dealkylation sites (tertiary alicyclic amines) is 1. The van der Waals surface area contributed by atoms with E-state index in [4.69, 9.17) is 4.42 Å². The molecule has 0 radical (unpaired) electrons. The van der Waals surface area contributed by atoms with Gasteiger partial charge in [0.05, 0.1) is 5.52 Å². The summed E-state index contributed by atoms with van der Waals surface area (Å²) < 4.78 is 6.42. The summed E-state index contributed by atoms with van der Waals surface area (Å²) in [6.45, 7) is 0.537. The molecule has 2 saturated heterocycles. The lowest BCUT2D eigenvalue weighted by molar-refractivity contribution is -0.136. The van der Waals surface area contributed by atoms with Crippen molar-refractivity contribution in [2.45, 2.75) is 24.9 Å². The first-order valence-electron chi connectivity index (χ1n) is 7.98. The fourth-order valence-corrected chi connectivity index (χ4v) is 3.42. The second-order valence-electron chi connectivity index (χ2n) is 6.29. The van der Waals surface area contributed by atoms with Crippen LogP contribution in [0.5, 0.6) is 0 Å². The molecule has 9 heteroatoms. The third kappa shape index (κ3) is 2.48. The minimum atomic E-state index is -0.924. The highest BCUT2D eigenvalue weighted by Crippen LogP contribution is 2.25. The van der Waals surface area contributed by atoms with Gasteiger partial charge < -0.3 is 14.6 Å². The smallest absolute Gasteiger partial charge is 0.408 e. The van der Waals surface area contributed by atoms with Crippen LogP contribution in [0.1, 0.15) is 12.8 Å². The number of nitrogens with one attached hydrogen (secondary N) is 2. The van der Waals surface area contributed by atoms with Crippen molar-refractivity contribution in [2.75, 3.05) is 13.1 Å². The molecule has 0 aliphatic carbocycles. The van der Waals surface area contributed by atoms with Crippen molar-refractivity contribution in [3.05, 3.63) is 34.8 Å². The Labute approximate surface area is 141 Å². The molecule has 0 saturated carbocycles. The number of piperidine rings is 1. The van der Waals surface area contributed by atoms with Crippen LogP contribution in [-0.4, -0.2) is 45.9 Å². The number of carbonyl (C=O) groups is 3. The Morgan fingerprint density at radius 3 is 2.56 bits per heavy atom. The van der Waals surface area contributed by atoms with Crippen LogP contribution in [0, 0.1) is 0 Å². The summed E-state index contributed by atoms with van der Waals surface area (Å²) in [5.74, 6) is -1.15. The number of hydrogen-bond donors (Lipinski definition) is 2. The molecule has 130 valence electrons. The summed E-state index contributed by atoms with van der Waals surface area (Å²) in [6, 6.07) is 6.41. The predicted octanol–water partition coefficient (Wildman–Crippen LogP) is -0.205. The fraction of sp³-hybridized carbons (Fsp3) is 0.375. The van der Waals surface area contributed by atoms with Crippen molar-refractivity contribution in [2.24, 2.45) is 0 Å². The van der Waals surface area contributed by atoms with E-state index in [0.717, 1.165) is 0 Å². The molecule has 2 aliphatic heterocycles. The third-order valence-electron chi connectivity index (χ3n) is 4.85. The van der Waals surface area contributed by atoms with Gasteiger partial charge in [-0.05, 0) is 25.0 Å². The van der Waals surface area contributed by atoms with Gasteiger partial charge in [-0.15, -0.1) is 0 Å². The van der Waals surface area contributed by atoms with E-state index in [2.05, 4.69) is 10.6 Å². The lowest BCUT2D eigenvalue weighted by atomic mass is 9.88. The zero-order chi connectivity index (χ0) is 17.6. The van der Waals surface area contributed by atoms with Gasteiger partial charge in [0.1, 0.15) is 12.1 Å². The summed E-state index contributed by atoms with van der Waals surface area (Å²) in [7, 11) is 0. The number of benzene rings is 1. The van der Waals surface area contributed by atoms with E-state index in [0.29, 0.717) is 37.0 Å². The molecule has 1 aromatic heterocycles. The number of fused-ring (bicyclic) bond motifs is 1. The number of para-hydroxylation sites is 2. The molecule has 1 spiro atoms. The summed E-state index contributed by atoms with van der Waals surface area (Å²) >= 11 is 0. The standard InChI is InChI=1S/C16H16N4O5/c21-12(9-20-10-3-1-2-4-11(10)25-15(20)24)19-7-5-16(6-8-19)13(22)17-14(23)18-16/h1-4H,5-9H2,(H2,17,18,22,23). The average Bonchev–Trinajstić information content (AvgIpc) is 3.05. The van der Waals surface area contributed by atoms with E-state index in [1.54, 1.807) is 29.2 Å². The molecule has 2 N–H and O–H groups in total. The van der Waals surface area contributed by atoms with Gasteiger partial charge >= 0.3 is 11.8 Å². The van der Waals surface area contributed by atoms with Crippen LogP contribution in [0.25, 0.3) is 11.1 Å². The molecule has 1 aromatic carbocycles. The Kier molecular flexibility index (Phi) is 3.38. The first-order valence-corrected chi connectivity index (χ1v) is 7.98. The van der Waals surface area contributed by atoms with Gasteiger partial charge in [0, 0.05) is 13.1 Å². The van der Waals surface area contributed by atoms with Crippen molar-refractivity contribution in [1.29, 1.82) is 0 Å². The van der Waals surface area contributed by atoms with Gasteiger partial charge in [-0.2, -0.15) is 0 Å². The Hall–Kier alpha value is -3.10. The Bertz CT molecular complexity index is 935. The lowest BCUT2D eigenvalue weighted by Gasteiger charge is -2.36. The molecule has 25 heavy (non-hydrogen) atoms. The fourth-order valence-electron chi connectivity index (χ4n) is 3.42. The molecule has 4 rings (SSSR count). The first-order chi connectivity index (χ1) is 12.0. The number of aromatic nitrogens is 1. The van der Waals surface area contributed by atoms with E-state index < -0.39 is 17.3 Å². The number of carbonyl (C=O) groups excluding carboxylic acids is 3. The molecule has 0 unspecified atom stereocenters. The van der Waals surface area contributed by atoms with E-state index in [9.17, 15) is 19.2 Å². The van der Waals surface area contributed by atoms with Gasteiger partial charge in [0.15, 0.2) is 5.58 Å². The highest BCUT2D eigenvalue weighted by atomic mass is 16.4. The van der Waals surface area contributed by atoms with Crippen LogP contribution in [0.2, 0.25) is 0 Å². The number of amides is 4. The van der Waals surface area contributed by atoms with Gasteiger partial charge in [0.2, 0.25) is 5.91 Å². The first kappa shape index (κ1) is 15.4. The summed E-state index contributed by atoms with van der Waals surface area (Å²) in [5, 5.41) is 4.88. The molecule has 2 aliphatic rings.